The average molecular weight is 340 g/mol. The van der Waals surface area contributed by atoms with Crippen LogP contribution in [0.15, 0.2) is 18.2 Å². The maximum absolute atomic E-state index is 12.0. The van der Waals surface area contributed by atoms with Crippen molar-refractivity contribution in [2.75, 3.05) is 30.3 Å². The molecule has 0 bridgehead atoms. The van der Waals surface area contributed by atoms with Crippen LogP contribution in [0.1, 0.15) is 25.7 Å². The van der Waals surface area contributed by atoms with Gasteiger partial charge in [0.25, 0.3) is 5.91 Å². The molecule has 7 heteroatoms. The summed E-state index contributed by atoms with van der Waals surface area (Å²) in [7, 11) is 0. The normalized spacial score (nSPS) is 17.3. The third kappa shape index (κ3) is 4.84. The lowest BCUT2D eigenvalue weighted by Crippen LogP contribution is -2.28. The van der Waals surface area contributed by atoms with Gasteiger partial charge in [0, 0.05) is 18.2 Å². The van der Waals surface area contributed by atoms with E-state index in [9.17, 15) is 9.59 Å². The van der Waals surface area contributed by atoms with Gasteiger partial charge < -0.3 is 20.7 Å². The van der Waals surface area contributed by atoms with Gasteiger partial charge in [-0.05, 0) is 50.4 Å². The number of carbonyl (C=O) groups excluding carboxylic acids is 2. The fourth-order valence-electron chi connectivity index (χ4n) is 2.88. The maximum atomic E-state index is 12.0. The molecular weight excluding hydrogens is 318 g/mol. The van der Waals surface area contributed by atoms with Gasteiger partial charge in [-0.3, -0.25) is 9.59 Å². The third-order valence-corrected chi connectivity index (χ3v) is 4.14. The number of fused-ring (bicyclic) bond motifs is 1. The Morgan fingerprint density at radius 1 is 1.30 bits per heavy atom. The third-order valence-electron chi connectivity index (χ3n) is 4.14. The maximum Gasteiger partial charge on any atom is 0.262 e. The molecular formula is C16H22ClN3O3. The predicted molar refractivity (Wildman–Crippen MR) is 91.3 cm³/mol. The summed E-state index contributed by atoms with van der Waals surface area (Å²) in [5.74, 6) is 1.11. The molecule has 23 heavy (non-hydrogen) atoms. The Hall–Kier alpha value is -1.79. The van der Waals surface area contributed by atoms with Crippen molar-refractivity contribution < 1.29 is 14.3 Å². The molecule has 3 N–H and O–H groups in total. The van der Waals surface area contributed by atoms with Crippen molar-refractivity contribution in [3.8, 4) is 5.75 Å². The molecule has 0 saturated carbocycles. The van der Waals surface area contributed by atoms with Crippen molar-refractivity contribution in [1.82, 2.24) is 5.32 Å². The Morgan fingerprint density at radius 2 is 2.09 bits per heavy atom. The number of benzene rings is 1. The number of ether oxygens (including phenoxy) is 1. The minimum Gasteiger partial charge on any atom is -0.482 e. The van der Waals surface area contributed by atoms with Gasteiger partial charge in [-0.25, -0.2) is 0 Å². The number of carbonyl (C=O) groups is 2. The highest BCUT2D eigenvalue weighted by Crippen LogP contribution is 2.30. The van der Waals surface area contributed by atoms with Gasteiger partial charge in [0.2, 0.25) is 5.91 Å². The summed E-state index contributed by atoms with van der Waals surface area (Å²) in [6.45, 7) is 2.13. The minimum atomic E-state index is -0.161. The first-order valence-corrected chi connectivity index (χ1v) is 7.78. The van der Waals surface area contributed by atoms with Gasteiger partial charge in [-0.1, -0.05) is 0 Å². The Kier molecular flexibility index (Phi) is 6.24. The second-order valence-corrected chi connectivity index (χ2v) is 5.83. The fraction of sp³-hybridized carbons (Fsp3) is 0.500. The zero-order valence-corrected chi connectivity index (χ0v) is 13.7. The smallest absolute Gasteiger partial charge is 0.262 e. The molecule has 0 radical (unpaired) electrons. The summed E-state index contributed by atoms with van der Waals surface area (Å²) in [5, 5.41) is 8.95. The summed E-state index contributed by atoms with van der Waals surface area (Å²) >= 11 is 0. The van der Waals surface area contributed by atoms with E-state index in [2.05, 4.69) is 16.0 Å². The van der Waals surface area contributed by atoms with Crippen molar-refractivity contribution in [3.05, 3.63) is 18.2 Å². The van der Waals surface area contributed by atoms with E-state index in [4.69, 9.17) is 4.74 Å². The van der Waals surface area contributed by atoms with Gasteiger partial charge in [0.1, 0.15) is 5.75 Å². The van der Waals surface area contributed by atoms with Crippen LogP contribution in [0.3, 0.4) is 0 Å². The van der Waals surface area contributed by atoms with E-state index in [1.54, 1.807) is 18.2 Å². The molecule has 1 aromatic rings. The SMILES string of the molecule is Cl.O=C(CCC1CCNCC1)Nc1ccc2c(c1)OCC(=O)N2. The Bertz CT molecular complexity index is 574. The zero-order chi connectivity index (χ0) is 15.4. The monoisotopic (exact) mass is 339 g/mol. The van der Waals surface area contributed by atoms with E-state index in [1.807, 2.05) is 0 Å². The first-order chi connectivity index (χ1) is 10.7. The van der Waals surface area contributed by atoms with Crippen LogP contribution in [0, 0.1) is 5.92 Å². The highest BCUT2D eigenvalue weighted by atomic mass is 35.5. The second kappa shape index (κ2) is 8.17. The van der Waals surface area contributed by atoms with Crippen molar-refractivity contribution in [1.29, 1.82) is 0 Å². The lowest BCUT2D eigenvalue weighted by Gasteiger charge is -2.22. The highest BCUT2D eigenvalue weighted by molar-refractivity contribution is 5.97. The summed E-state index contributed by atoms with van der Waals surface area (Å²) in [5.41, 5.74) is 1.34. The van der Waals surface area contributed by atoms with Crippen LogP contribution >= 0.6 is 12.4 Å². The van der Waals surface area contributed by atoms with Crippen molar-refractivity contribution in [2.45, 2.75) is 25.7 Å². The van der Waals surface area contributed by atoms with Gasteiger partial charge in [-0.15, -0.1) is 12.4 Å². The fourth-order valence-corrected chi connectivity index (χ4v) is 2.88. The number of hydrogen-bond acceptors (Lipinski definition) is 4. The summed E-state index contributed by atoms with van der Waals surface area (Å²) < 4.78 is 5.34. The Labute approximate surface area is 141 Å². The van der Waals surface area contributed by atoms with E-state index in [1.165, 1.54) is 0 Å². The summed E-state index contributed by atoms with van der Waals surface area (Å²) in [4.78, 5) is 23.3. The average Bonchev–Trinajstić information content (AvgIpc) is 2.54. The predicted octanol–water partition coefficient (Wildman–Crippen LogP) is 2.16. The molecule has 1 saturated heterocycles. The van der Waals surface area contributed by atoms with Crippen LogP contribution in [0.25, 0.3) is 0 Å². The molecule has 0 aromatic heterocycles. The van der Waals surface area contributed by atoms with Crippen molar-refractivity contribution in [3.63, 3.8) is 0 Å². The number of halogens is 1. The highest BCUT2D eigenvalue weighted by Gasteiger charge is 2.17. The molecule has 0 spiro atoms. The number of anilines is 2. The molecule has 3 rings (SSSR count). The molecule has 6 nitrogen and oxygen atoms in total. The molecule has 1 fully saturated rings. The lowest BCUT2D eigenvalue weighted by molar-refractivity contribution is -0.119. The van der Waals surface area contributed by atoms with Crippen LogP contribution in [-0.4, -0.2) is 31.5 Å². The van der Waals surface area contributed by atoms with E-state index in [0.29, 0.717) is 29.5 Å². The van der Waals surface area contributed by atoms with Gasteiger partial charge in [0.05, 0.1) is 5.69 Å². The molecule has 0 unspecified atom stereocenters. The summed E-state index contributed by atoms with van der Waals surface area (Å²) in [6, 6.07) is 5.27. The summed E-state index contributed by atoms with van der Waals surface area (Å²) in [6.07, 6.45) is 3.78. The van der Waals surface area contributed by atoms with Crippen LogP contribution in [0.5, 0.6) is 5.75 Å². The van der Waals surface area contributed by atoms with Crippen LogP contribution in [-0.2, 0) is 9.59 Å². The van der Waals surface area contributed by atoms with Gasteiger partial charge >= 0.3 is 0 Å². The number of nitrogens with one attached hydrogen (secondary N) is 3. The Balaban J connectivity index is 0.00000192. The zero-order valence-electron chi connectivity index (χ0n) is 12.9. The molecule has 0 aliphatic carbocycles. The molecule has 2 heterocycles. The molecule has 0 atom stereocenters. The molecule has 2 amide bonds. The molecule has 1 aromatic carbocycles. The van der Waals surface area contributed by atoms with Gasteiger partial charge in [0.15, 0.2) is 6.61 Å². The number of hydrogen-bond donors (Lipinski definition) is 3. The first-order valence-electron chi connectivity index (χ1n) is 7.78. The number of amides is 2. The van der Waals surface area contributed by atoms with E-state index < -0.39 is 0 Å². The second-order valence-electron chi connectivity index (χ2n) is 5.83. The number of rotatable bonds is 4. The van der Waals surface area contributed by atoms with E-state index >= 15 is 0 Å². The Morgan fingerprint density at radius 3 is 2.87 bits per heavy atom. The van der Waals surface area contributed by atoms with Crippen molar-refractivity contribution in [2.24, 2.45) is 5.92 Å². The van der Waals surface area contributed by atoms with Gasteiger partial charge in [-0.2, -0.15) is 0 Å². The first kappa shape index (κ1) is 17.6. The number of piperidine rings is 1. The molecule has 2 aliphatic heterocycles. The molecule has 126 valence electrons. The lowest BCUT2D eigenvalue weighted by atomic mass is 9.93. The van der Waals surface area contributed by atoms with Crippen molar-refractivity contribution >= 4 is 35.6 Å². The van der Waals surface area contributed by atoms with E-state index in [0.717, 1.165) is 32.4 Å². The van der Waals surface area contributed by atoms with Crippen LogP contribution in [0.4, 0.5) is 11.4 Å². The minimum absolute atomic E-state index is 0. The van der Waals surface area contributed by atoms with E-state index in [-0.39, 0.29) is 30.8 Å². The standard InChI is InChI=1S/C16H21N3O3.ClH/c20-15(4-1-11-5-7-17-8-6-11)18-12-2-3-13-14(9-12)22-10-16(21)19-13;/h2-3,9,11,17H,1,4-8,10H2,(H,18,20)(H,19,21);1H. The molecule has 2 aliphatic rings. The van der Waals surface area contributed by atoms with Crippen LogP contribution < -0.4 is 20.7 Å². The topological polar surface area (TPSA) is 79.5 Å². The van der Waals surface area contributed by atoms with Crippen LogP contribution in [0.2, 0.25) is 0 Å². The largest absolute Gasteiger partial charge is 0.482 e. The quantitative estimate of drug-likeness (QED) is 0.785.